The van der Waals surface area contributed by atoms with Gasteiger partial charge in [-0.1, -0.05) is 13.8 Å². The van der Waals surface area contributed by atoms with Crippen LogP contribution in [0.5, 0.6) is 5.75 Å². The Morgan fingerprint density at radius 2 is 2.15 bits per heavy atom. The lowest BCUT2D eigenvalue weighted by Gasteiger charge is -2.12. The maximum atomic E-state index is 11.9. The van der Waals surface area contributed by atoms with E-state index in [1.54, 1.807) is 25.3 Å². The molecule has 1 amide bonds. The number of rotatable bonds is 8. The molecule has 5 heteroatoms. The highest BCUT2D eigenvalue weighted by Crippen LogP contribution is 2.23. The van der Waals surface area contributed by atoms with Crippen LogP contribution in [0.3, 0.4) is 0 Å². The molecule has 0 radical (unpaired) electrons. The van der Waals surface area contributed by atoms with Crippen molar-refractivity contribution in [3.8, 4) is 5.75 Å². The van der Waals surface area contributed by atoms with E-state index in [0.717, 1.165) is 6.42 Å². The highest BCUT2D eigenvalue weighted by atomic mass is 16.5. The number of nitrogens with two attached hydrogens (primary N) is 1. The summed E-state index contributed by atoms with van der Waals surface area (Å²) in [6, 6.07) is 5.10. The van der Waals surface area contributed by atoms with Gasteiger partial charge in [-0.15, -0.1) is 0 Å². The molecule has 1 aromatic carbocycles. The highest BCUT2D eigenvalue weighted by molar-refractivity contribution is 5.95. The minimum Gasteiger partial charge on any atom is -0.491 e. The van der Waals surface area contributed by atoms with Gasteiger partial charge >= 0.3 is 0 Å². The lowest BCUT2D eigenvalue weighted by Crippen LogP contribution is -2.25. The smallest absolute Gasteiger partial charge is 0.251 e. The van der Waals surface area contributed by atoms with Crippen LogP contribution in [-0.4, -0.2) is 32.8 Å². The molecular formula is C15H24N2O3. The summed E-state index contributed by atoms with van der Waals surface area (Å²) >= 11 is 0. The molecule has 0 aromatic heterocycles. The Kier molecular flexibility index (Phi) is 6.87. The minimum atomic E-state index is -0.136. The molecule has 0 spiro atoms. The second-order valence-corrected chi connectivity index (χ2v) is 5.06. The van der Waals surface area contributed by atoms with E-state index in [-0.39, 0.29) is 5.91 Å². The van der Waals surface area contributed by atoms with Crippen LogP contribution in [-0.2, 0) is 4.74 Å². The first-order valence-corrected chi connectivity index (χ1v) is 6.84. The topological polar surface area (TPSA) is 73.6 Å². The fourth-order valence-electron chi connectivity index (χ4n) is 1.60. The fraction of sp³-hybridized carbons (Fsp3) is 0.533. The van der Waals surface area contributed by atoms with Gasteiger partial charge in [0.05, 0.1) is 12.3 Å². The SMILES string of the molecule is COCCCNC(=O)c1ccc(OCC(C)C)c(N)c1. The van der Waals surface area contributed by atoms with Gasteiger partial charge in [0.25, 0.3) is 5.91 Å². The largest absolute Gasteiger partial charge is 0.491 e. The zero-order valence-corrected chi connectivity index (χ0v) is 12.4. The molecule has 0 aliphatic carbocycles. The van der Waals surface area contributed by atoms with Gasteiger partial charge in [0.1, 0.15) is 5.75 Å². The van der Waals surface area contributed by atoms with Gasteiger partial charge in [-0.05, 0) is 30.5 Å². The number of nitrogens with one attached hydrogen (secondary N) is 1. The molecule has 112 valence electrons. The summed E-state index contributed by atoms with van der Waals surface area (Å²) in [7, 11) is 1.64. The van der Waals surface area contributed by atoms with E-state index in [9.17, 15) is 4.79 Å². The maximum absolute atomic E-state index is 11.9. The van der Waals surface area contributed by atoms with Crippen molar-refractivity contribution in [3.63, 3.8) is 0 Å². The third-order valence-corrected chi connectivity index (χ3v) is 2.65. The summed E-state index contributed by atoms with van der Waals surface area (Å²) in [4.78, 5) is 11.9. The van der Waals surface area contributed by atoms with E-state index in [0.29, 0.717) is 42.7 Å². The quantitative estimate of drug-likeness (QED) is 0.565. The third kappa shape index (κ3) is 5.48. The van der Waals surface area contributed by atoms with Crippen LogP contribution < -0.4 is 15.8 Å². The summed E-state index contributed by atoms with van der Waals surface area (Å²) < 4.78 is 10.5. The Morgan fingerprint density at radius 1 is 1.40 bits per heavy atom. The van der Waals surface area contributed by atoms with Crippen molar-refractivity contribution in [2.45, 2.75) is 20.3 Å². The van der Waals surface area contributed by atoms with Gasteiger partial charge in [-0.25, -0.2) is 0 Å². The average molecular weight is 280 g/mol. The van der Waals surface area contributed by atoms with Crippen LogP contribution >= 0.6 is 0 Å². The zero-order valence-electron chi connectivity index (χ0n) is 12.4. The van der Waals surface area contributed by atoms with Gasteiger partial charge in [0.15, 0.2) is 0 Å². The van der Waals surface area contributed by atoms with Crippen LogP contribution in [0.15, 0.2) is 18.2 Å². The molecule has 3 N–H and O–H groups in total. The van der Waals surface area contributed by atoms with Crippen molar-refractivity contribution in [2.24, 2.45) is 5.92 Å². The molecule has 0 saturated carbocycles. The molecule has 0 saturated heterocycles. The van der Waals surface area contributed by atoms with Crippen LogP contribution in [0, 0.1) is 5.92 Å². The van der Waals surface area contributed by atoms with Crippen molar-refractivity contribution >= 4 is 11.6 Å². The molecule has 5 nitrogen and oxygen atoms in total. The van der Waals surface area contributed by atoms with E-state index in [1.165, 1.54) is 0 Å². The summed E-state index contributed by atoms with van der Waals surface area (Å²) in [6.45, 7) is 5.95. The van der Waals surface area contributed by atoms with Crippen molar-refractivity contribution in [1.82, 2.24) is 5.32 Å². The molecule has 0 aliphatic rings. The van der Waals surface area contributed by atoms with Crippen molar-refractivity contribution < 1.29 is 14.3 Å². The van der Waals surface area contributed by atoms with Crippen LogP contribution in [0.2, 0.25) is 0 Å². The van der Waals surface area contributed by atoms with Crippen molar-refractivity contribution in [2.75, 3.05) is 32.6 Å². The molecule has 0 aliphatic heterocycles. The number of ether oxygens (including phenoxy) is 2. The van der Waals surface area contributed by atoms with Crippen LogP contribution in [0.1, 0.15) is 30.6 Å². The zero-order chi connectivity index (χ0) is 15.0. The first kappa shape index (κ1) is 16.3. The maximum Gasteiger partial charge on any atom is 0.251 e. The predicted molar refractivity (Wildman–Crippen MR) is 80.0 cm³/mol. The fourth-order valence-corrected chi connectivity index (χ4v) is 1.60. The van der Waals surface area contributed by atoms with E-state index in [4.69, 9.17) is 15.2 Å². The second kappa shape index (κ2) is 8.43. The summed E-state index contributed by atoms with van der Waals surface area (Å²) in [6.07, 6.45) is 0.785. The highest BCUT2D eigenvalue weighted by Gasteiger charge is 2.09. The van der Waals surface area contributed by atoms with Gasteiger partial charge in [0, 0.05) is 25.8 Å². The molecule has 0 bridgehead atoms. The van der Waals surface area contributed by atoms with E-state index < -0.39 is 0 Å². The summed E-state index contributed by atoms with van der Waals surface area (Å²) in [5.74, 6) is 0.913. The minimum absolute atomic E-state index is 0.136. The Balaban J connectivity index is 2.55. The number of methoxy groups -OCH3 is 1. The summed E-state index contributed by atoms with van der Waals surface area (Å²) in [5, 5.41) is 2.82. The number of hydrogen-bond donors (Lipinski definition) is 2. The predicted octanol–water partition coefficient (Wildman–Crippen LogP) is 2.07. The Labute approximate surface area is 120 Å². The lowest BCUT2D eigenvalue weighted by molar-refractivity contribution is 0.0948. The van der Waals surface area contributed by atoms with Crippen LogP contribution in [0.25, 0.3) is 0 Å². The normalized spacial score (nSPS) is 10.6. The number of nitrogen functional groups attached to an aromatic ring is 1. The van der Waals surface area contributed by atoms with Gasteiger partial charge < -0.3 is 20.5 Å². The Morgan fingerprint density at radius 3 is 2.75 bits per heavy atom. The molecule has 0 heterocycles. The standard InChI is InChI=1S/C15H24N2O3/c1-11(2)10-20-14-6-5-12(9-13(14)16)15(18)17-7-4-8-19-3/h5-6,9,11H,4,7-8,10,16H2,1-3H3,(H,17,18). The van der Waals surface area contributed by atoms with Gasteiger partial charge in [0.2, 0.25) is 0 Å². The lowest BCUT2D eigenvalue weighted by atomic mass is 10.1. The monoisotopic (exact) mass is 280 g/mol. The van der Waals surface area contributed by atoms with E-state index in [2.05, 4.69) is 19.2 Å². The number of anilines is 1. The number of benzene rings is 1. The number of amides is 1. The van der Waals surface area contributed by atoms with Crippen LogP contribution in [0.4, 0.5) is 5.69 Å². The first-order chi connectivity index (χ1) is 9.54. The van der Waals surface area contributed by atoms with Gasteiger partial charge in [-0.3, -0.25) is 4.79 Å². The average Bonchev–Trinajstić information content (AvgIpc) is 2.41. The molecule has 0 unspecified atom stereocenters. The number of hydrogen-bond acceptors (Lipinski definition) is 4. The van der Waals surface area contributed by atoms with Gasteiger partial charge in [-0.2, -0.15) is 0 Å². The van der Waals surface area contributed by atoms with Crippen molar-refractivity contribution in [1.29, 1.82) is 0 Å². The van der Waals surface area contributed by atoms with E-state index >= 15 is 0 Å². The number of carbonyl (C=O) groups excluding carboxylic acids is 1. The Hall–Kier alpha value is -1.75. The number of carbonyl (C=O) groups is 1. The molecule has 20 heavy (non-hydrogen) atoms. The van der Waals surface area contributed by atoms with Crippen molar-refractivity contribution in [3.05, 3.63) is 23.8 Å². The molecule has 0 atom stereocenters. The molecule has 1 rings (SSSR count). The molecular weight excluding hydrogens is 256 g/mol. The molecule has 1 aromatic rings. The molecule has 0 fully saturated rings. The first-order valence-electron chi connectivity index (χ1n) is 6.84. The second-order valence-electron chi connectivity index (χ2n) is 5.06. The Bertz CT molecular complexity index is 433. The van der Waals surface area contributed by atoms with E-state index in [1.807, 2.05) is 0 Å². The third-order valence-electron chi connectivity index (χ3n) is 2.65. The summed E-state index contributed by atoms with van der Waals surface area (Å²) in [5.41, 5.74) is 6.92.